The van der Waals surface area contributed by atoms with Crippen molar-refractivity contribution in [2.45, 2.75) is 26.4 Å². The number of hydrogen-bond donors (Lipinski definition) is 0. The molecule has 0 radical (unpaired) electrons. The van der Waals surface area contributed by atoms with Crippen molar-refractivity contribution < 1.29 is 0 Å². The molecule has 3 nitrogen and oxygen atoms in total. The summed E-state index contributed by atoms with van der Waals surface area (Å²) < 4.78 is 2.10. The summed E-state index contributed by atoms with van der Waals surface area (Å²) in [5.74, 6) is 0. The molecule has 1 aromatic rings. The van der Waals surface area contributed by atoms with Crippen molar-refractivity contribution in [3.63, 3.8) is 0 Å². The van der Waals surface area contributed by atoms with Crippen LogP contribution < -0.4 is 0 Å². The van der Waals surface area contributed by atoms with E-state index in [-0.39, 0.29) is 0 Å². The molecule has 0 aliphatic carbocycles. The Labute approximate surface area is 73.0 Å². The monoisotopic (exact) mass is 165 g/mol. The van der Waals surface area contributed by atoms with Gasteiger partial charge in [-0.3, -0.25) is 9.58 Å². The summed E-state index contributed by atoms with van der Waals surface area (Å²) in [7, 11) is 0. The first-order valence-electron chi connectivity index (χ1n) is 4.63. The van der Waals surface area contributed by atoms with Crippen molar-refractivity contribution in [3.05, 3.63) is 18.0 Å². The van der Waals surface area contributed by atoms with Gasteiger partial charge in [-0.2, -0.15) is 5.10 Å². The molecule has 2 rings (SSSR count). The molecule has 0 unspecified atom stereocenters. The van der Waals surface area contributed by atoms with E-state index in [0.29, 0.717) is 0 Å². The van der Waals surface area contributed by atoms with Crippen LogP contribution in [-0.4, -0.2) is 27.8 Å². The van der Waals surface area contributed by atoms with Gasteiger partial charge in [-0.05, 0) is 19.0 Å². The lowest BCUT2D eigenvalue weighted by Gasteiger charge is -2.26. The van der Waals surface area contributed by atoms with Crippen LogP contribution in [0.2, 0.25) is 0 Å². The lowest BCUT2D eigenvalue weighted by atomic mass is 10.3. The molecular formula is C9H15N3. The van der Waals surface area contributed by atoms with Crippen molar-refractivity contribution in [1.82, 2.24) is 14.7 Å². The fraction of sp³-hybridized carbons (Fsp3) is 0.667. The molecule has 1 aromatic heterocycles. The van der Waals surface area contributed by atoms with Gasteiger partial charge in [-0.25, -0.2) is 0 Å². The van der Waals surface area contributed by atoms with E-state index in [9.17, 15) is 0 Å². The second-order valence-corrected chi connectivity index (χ2v) is 3.32. The molecule has 1 aliphatic rings. The van der Waals surface area contributed by atoms with E-state index < -0.39 is 0 Å². The fourth-order valence-corrected chi connectivity index (χ4v) is 1.75. The molecule has 0 spiro atoms. The average Bonchev–Trinajstić information content (AvgIpc) is 2.51. The largest absolute Gasteiger partial charge is 0.296 e. The van der Waals surface area contributed by atoms with E-state index >= 15 is 0 Å². The van der Waals surface area contributed by atoms with Crippen molar-refractivity contribution in [2.75, 3.05) is 13.1 Å². The number of aromatic nitrogens is 2. The zero-order chi connectivity index (χ0) is 8.39. The molecule has 12 heavy (non-hydrogen) atoms. The number of rotatable bonds is 2. The summed E-state index contributed by atoms with van der Waals surface area (Å²) in [6, 6.07) is 2.11. The third-order valence-corrected chi connectivity index (χ3v) is 2.36. The van der Waals surface area contributed by atoms with Gasteiger partial charge in [-0.1, -0.05) is 6.92 Å². The van der Waals surface area contributed by atoms with Gasteiger partial charge in [0.25, 0.3) is 0 Å². The van der Waals surface area contributed by atoms with E-state index in [4.69, 9.17) is 0 Å². The minimum Gasteiger partial charge on any atom is -0.296 e. The Morgan fingerprint density at radius 2 is 2.42 bits per heavy atom. The topological polar surface area (TPSA) is 21.1 Å². The van der Waals surface area contributed by atoms with E-state index in [0.717, 1.165) is 19.6 Å². The highest BCUT2D eigenvalue weighted by Gasteiger charge is 2.14. The SMILES string of the molecule is CCCN1CCn2nccc2C1. The summed E-state index contributed by atoms with van der Waals surface area (Å²) in [6.45, 7) is 6.73. The second-order valence-electron chi connectivity index (χ2n) is 3.32. The van der Waals surface area contributed by atoms with Crippen LogP contribution in [0.3, 0.4) is 0 Å². The van der Waals surface area contributed by atoms with Gasteiger partial charge in [0.1, 0.15) is 0 Å². The molecule has 0 atom stereocenters. The predicted octanol–water partition coefficient (Wildman–Crippen LogP) is 1.11. The predicted molar refractivity (Wildman–Crippen MR) is 47.8 cm³/mol. The van der Waals surface area contributed by atoms with Crippen molar-refractivity contribution in [3.8, 4) is 0 Å². The van der Waals surface area contributed by atoms with Crippen LogP contribution in [0.25, 0.3) is 0 Å². The maximum atomic E-state index is 4.24. The summed E-state index contributed by atoms with van der Waals surface area (Å²) in [5, 5.41) is 4.24. The Hall–Kier alpha value is -0.830. The lowest BCUT2D eigenvalue weighted by molar-refractivity contribution is 0.214. The standard InChI is InChI=1S/C9H15N3/c1-2-5-11-6-7-12-9(8-11)3-4-10-12/h3-4H,2,5-8H2,1H3. The highest BCUT2D eigenvalue weighted by Crippen LogP contribution is 2.10. The maximum absolute atomic E-state index is 4.24. The number of nitrogens with zero attached hydrogens (tertiary/aromatic N) is 3. The number of fused-ring (bicyclic) bond motifs is 1. The van der Waals surface area contributed by atoms with Gasteiger partial charge in [0.2, 0.25) is 0 Å². The van der Waals surface area contributed by atoms with Gasteiger partial charge in [0, 0.05) is 19.3 Å². The van der Waals surface area contributed by atoms with E-state index in [1.54, 1.807) is 0 Å². The Bertz CT molecular complexity index is 254. The zero-order valence-electron chi connectivity index (χ0n) is 7.53. The third-order valence-electron chi connectivity index (χ3n) is 2.36. The maximum Gasteiger partial charge on any atom is 0.0540 e. The minimum atomic E-state index is 1.06. The first-order chi connectivity index (χ1) is 5.90. The molecule has 0 aromatic carbocycles. The molecule has 0 fully saturated rings. The fourth-order valence-electron chi connectivity index (χ4n) is 1.75. The van der Waals surface area contributed by atoms with Crippen LogP contribution in [0.15, 0.2) is 12.3 Å². The van der Waals surface area contributed by atoms with Crippen LogP contribution in [0.1, 0.15) is 19.0 Å². The quantitative estimate of drug-likeness (QED) is 0.654. The van der Waals surface area contributed by atoms with Crippen LogP contribution >= 0.6 is 0 Å². The van der Waals surface area contributed by atoms with Gasteiger partial charge in [-0.15, -0.1) is 0 Å². The normalized spacial score (nSPS) is 17.8. The van der Waals surface area contributed by atoms with Crippen molar-refractivity contribution in [2.24, 2.45) is 0 Å². The molecule has 0 amide bonds. The van der Waals surface area contributed by atoms with Gasteiger partial charge in [0.05, 0.1) is 12.2 Å². The molecule has 0 N–H and O–H groups in total. The summed E-state index contributed by atoms with van der Waals surface area (Å²) in [4.78, 5) is 2.48. The van der Waals surface area contributed by atoms with Crippen LogP contribution in [0, 0.1) is 0 Å². The van der Waals surface area contributed by atoms with Gasteiger partial charge >= 0.3 is 0 Å². The first kappa shape index (κ1) is 7.80. The zero-order valence-corrected chi connectivity index (χ0v) is 7.53. The molecule has 2 heterocycles. The van der Waals surface area contributed by atoms with Crippen molar-refractivity contribution in [1.29, 1.82) is 0 Å². The molecule has 3 heteroatoms. The minimum absolute atomic E-state index is 1.06. The highest BCUT2D eigenvalue weighted by atomic mass is 15.3. The number of hydrogen-bond acceptors (Lipinski definition) is 2. The first-order valence-corrected chi connectivity index (χ1v) is 4.63. The smallest absolute Gasteiger partial charge is 0.0540 e. The Morgan fingerprint density at radius 1 is 1.50 bits per heavy atom. The van der Waals surface area contributed by atoms with Gasteiger partial charge < -0.3 is 0 Å². The molecule has 1 aliphatic heterocycles. The van der Waals surface area contributed by atoms with Crippen LogP contribution in [-0.2, 0) is 13.1 Å². The van der Waals surface area contributed by atoms with E-state index in [2.05, 4.69) is 27.7 Å². The molecule has 0 saturated heterocycles. The Morgan fingerprint density at radius 3 is 3.25 bits per heavy atom. The Kier molecular flexibility index (Phi) is 2.13. The molecular weight excluding hydrogens is 150 g/mol. The third kappa shape index (κ3) is 1.37. The summed E-state index contributed by atoms with van der Waals surface area (Å²) in [5.41, 5.74) is 1.36. The van der Waals surface area contributed by atoms with Crippen LogP contribution in [0.4, 0.5) is 0 Å². The van der Waals surface area contributed by atoms with Gasteiger partial charge in [0.15, 0.2) is 0 Å². The molecule has 0 bridgehead atoms. The lowest BCUT2D eigenvalue weighted by Crippen LogP contribution is -2.34. The van der Waals surface area contributed by atoms with Crippen LogP contribution in [0.5, 0.6) is 0 Å². The molecule has 0 saturated carbocycles. The summed E-state index contributed by atoms with van der Waals surface area (Å²) in [6.07, 6.45) is 3.14. The van der Waals surface area contributed by atoms with Crippen molar-refractivity contribution >= 4 is 0 Å². The Balaban J connectivity index is 2.05. The average molecular weight is 165 g/mol. The van der Waals surface area contributed by atoms with E-state index in [1.165, 1.54) is 18.7 Å². The van der Waals surface area contributed by atoms with E-state index in [1.807, 2.05) is 6.20 Å². The second kappa shape index (κ2) is 3.27. The highest BCUT2D eigenvalue weighted by molar-refractivity contribution is 5.02. The molecule has 66 valence electrons. The summed E-state index contributed by atoms with van der Waals surface area (Å²) >= 11 is 0.